The summed E-state index contributed by atoms with van der Waals surface area (Å²) in [6.07, 6.45) is 9.11. The van der Waals surface area contributed by atoms with Crippen LogP contribution < -0.4 is 0 Å². The third kappa shape index (κ3) is 5.53. The van der Waals surface area contributed by atoms with Crippen LogP contribution in [0.2, 0.25) is 0 Å². The second-order valence-electron chi connectivity index (χ2n) is 8.02. The summed E-state index contributed by atoms with van der Waals surface area (Å²) in [5.41, 5.74) is 2.82. The van der Waals surface area contributed by atoms with Crippen molar-refractivity contribution in [2.75, 3.05) is 14.2 Å². The van der Waals surface area contributed by atoms with Gasteiger partial charge in [0.15, 0.2) is 0 Å². The van der Waals surface area contributed by atoms with Gasteiger partial charge >= 0.3 is 5.97 Å². The second-order valence-corrected chi connectivity index (χ2v) is 8.02. The van der Waals surface area contributed by atoms with Crippen molar-refractivity contribution in [3.8, 4) is 23.5 Å². The van der Waals surface area contributed by atoms with Crippen molar-refractivity contribution >= 4 is 5.97 Å². The minimum Gasteiger partial charge on any atom is -0.478 e. The summed E-state index contributed by atoms with van der Waals surface area (Å²) in [6.45, 7) is 2.65. The number of rotatable bonds is 12. The maximum atomic E-state index is 11.6. The highest BCUT2D eigenvalue weighted by Crippen LogP contribution is 2.30. The lowest BCUT2D eigenvalue weighted by Crippen LogP contribution is -2.32. The minimum absolute atomic E-state index is 0.275. The third-order valence-corrected chi connectivity index (χ3v) is 5.86. The minimum atomic E-state index is -1.00. The zero-order valence-corrected chi connectivity index (χ0v) is 20.0. The van der Waals surface area contributed by atoms with Crippen molar-refractivity contribution in [3.63, 3.8) is 0 Å². The molecule has 0 aliphatic heterocycles. The molecule has 2 aromatic carbocycles. The number of unbranched alkanes of at least 4 members (excludes halogenated alkanes) is 1. The number of carbonyl (C=O) groups is 1. The summed E-state index contributed by atoms with van der Waals surface area (Å²) in [4.78, 5) is 16.4. The van der Waals surface area contributed by atoms with Gasteiger partial charge in [-0.05, 0) is 29.2 Å². The molecular formula is C27H31N3O4. The van der Waals surface area contributed by atoms with Crippen LogP contribution in [0.4, 0.5) is 0 Å². The fourth-order valence-corrected chi connectivity index (χ4v) is 3.91. The van der Waals surface area contributed by atoms with Crippen LogP contribution in [0.5, 0.6) is 0 Å². The highest BCUT2D eigenvalue weighted by Gasteiger charge is 2.37. The van der Waals surface area contributed by atoms with E-state index < -0.39 is 11.8 Å². The molecule has 7 heteroatoms. The molecule has 0 radical (unpaired) electrons. The van der Waals surface area contributed by atoms with Crippen LogP contribution in [-0.4, -0.2) is 40.1 Å². The molecule has 3 rings (SSSR count). The van der Waals surface area contributed by atoms with Gasteiger partial charge in [-0.2, -0.15) is 5.10 Å². The molecule has 178 valence electrons. The Balaban J connectivity index is 1.91. The summed E-state index contributed by atoms with van der Waals surface area (Å²) >= 11 is 0. The van der Waals surface area contributed by atoms with Crippen LogP contribution >= 0.6 is 0 Å². The molecule has 0 bridgehead atoms. The van der Waals surface area contributed by atoms with Crippen LogP contribution in [0.25, 0.3) is 11.1 Å². The lowest BCUT2D eigenvalue weighted by molar-refractivity contribution is -0.226. The highest BCUT2D eigenvalue weighted by atomic mass is 16.7. The number of aromatic nitrogens is 3. The van der Waals surface area contributed by atoms with E-state index in [-0.39, 0.29) is 5.56 Å². The number of hydrogen-bond acceptors (Lipinski definition) is 5. The lowest BCUT2D eigenvalue weighted by atomic mass is 9.98. The monoisotopic (exact) mass is 461 g/mol. The first-order valence-corrected chi connectivity index (χ1v) is 11.4. The molecule has 0 saturated carbocycles. The molecule has 3 aromatic rings. The fourth-order valence-electron chi connectivity index (χ4n) is 3.91. The molecule has 34 heavy (non-hydrogen) atoms. The number of benzene rings is 2. The molecule has 1 N–H and O–H groups in total. The zero-order valence-electron chi connectivity index (χ0n) is 20.0. The quantitative estimate of drug-likeness (QED) is 0.305. The Kier molecular flexibility index (Phi) is 8.58. The van der Waals surface area contributed by atoms with Crippen molar-refractivity contribution in [1.82, 2.24) is 14.8 Å². The Morgan fingerprint density at radius 1 is 1.15 bits per heavy atom. The third-order valence-electron chi connectivity index (χ3n) is 5.86. The first-order chi connectivity index (χ1) is 16.5. The molecule has 0 unspecified atom stereocenters. The molecule has 0 spiro atoms. The Labute approximate surface area is 200 Å². The second kappa shape index (κ2) is 11.6. The van der Waals surface area contributed by atoms with Crippen molar-refractivity contribution in [2.45, 2.75) is 51.4 Å². The molecule has 0 amide bonds. The first-order valence-electron chi connectivity index (χ1n) is 11.4. The van der Waals surface area contributed by atoms with E-state index in [1.54, 1.807) is 26.4 Å². The number of carboxylic acids is 1. The zero-order chi connectivity index (χ0) is 24.6. The van der Waals surface area contributed by atoms with Crippen LogP contribution in [0.15, 0.2) is 48.5 Å². The number of nitrogens with zero attached hydrogens (tertiary/aromatic N) is 3. The van der Waals surface area contributed by atoms with Crippen LogP contribution in [-0.2, 0) is 28.2 Å². The number of aryl methyl sites for hydroxylation is 1. The van der Waals surface area contributed by atoms with Crippen molar-refractivity contribution in [2.24, 2.45) is 0 Å². The van der Waals surface area contributed by atoms with Crippen molar-refractivity contribution in [1.29, 1.82) is 0 Å². The summed E-state index contributed by atoms with van der Waals surface area (Å²) < 4.78 is 13.3. The number of ether oxygens (including phenoxy) is 2. The summed E-state index contributed by atoms with van der Waals surface area (Å²) in [7, 11) is 3.21. The van der Waals surface area contributed by atoms with E-state index >= 15 is 0 Å². The van der Waals surface area contributed by atoms with E-state index in [0.29, 0.717) is 37.2 Å². The predicted molar refractivity (Wildman–Crippen MR) is 130 cm³/mol. The van der Waals surface area contributed by atoms with Gasteiger partial charge in [0, 0.05) is 33.5 Å². The number of aromatic carboxylic acids is 1. The SMILES string of the molecule is C#CCCn1nc(C(CCCC)(OC)OC)nc1Cc1ccc(-c2ccccc2C(=O)O)cc1. The number of terminal acetylenes is 1. The smallest absolute Gasteiger partial charge is 0.336 e. The lowest BCUT2D eigenvalue weighted by Gasteiger charge is -2.27. The van der Waals surface area contributed by atoms with Crippen molar-refractivity contribution < 1.29 is 19.4 Å². The number of carboxylic acid groups (broad SMARTS) is 1. The normalized spacial score (nSPS) is 11.4. The van der Waals surface area contributed by atoms with E-state index in [2.05, 4.69) is 12.8 Å². The van der Waals surface area contributed by atoms with E-state index in [1.165, 1.54) is 0 Å². The van der Waals surface area contributed by atoms with Gasteiger partial charge in [-0.15, -0.1) is 12.3 Å². The van der Waals surface area contributed by atoms with E-state index in [4.69, 9.17) is 26.0 Å². The summed E-state index contributed by atoms with van der Waals surface area (Å²) in [5.74, 6) is 1.96. The van der Waals surface area contributed by atoms with Gasteiger partial charge in [-0.1, -0.05) is 55.8 Å². The molecule has 0 aliphatic rings. The summed E-state index contributed by atoms with van der Waals surface area (Å²) in [5, 5.41) is 14.2. The van der Waals surface area contributed by atoms with Gasteiger partial charge in [0.25, 0.3) is 0 Å². The molecule has 0 saturated heterocycles. The topological polar surface area (TPSA) is 86.5 Å². The van der Waals surface area contributed by atoms with E-state index in [1.807, 2.05) is 41.1 Å². The van der Waals surface area contributed by atoms with Gasteiger partial charge in [-0.3, -0.25) is 0 Å². The molecule has 0 atom stereocenters. The maximum Gasteiger partial charge on any atom is 0.336 e. The summed E-state index contributed by atoms with van der Waals surface area (Å²) in [6, 6.07) is 14.8. The molecular weight excluding hydrogens is 430 g/mol. The van der Waals surface area contributed by atoms with E-state index in [0.717, 1.165) is 29.8 Å². The van der Waals surface area contributed by atoms with E-state index in [9.17, 15) is 9.90 Å². The average Bonchev–Trinajstić information content (AvgIpc) is 3.27. The fraction of sp³-hybridized carbons (Fsp3) is 0.370. The molecule has 7 nitrogen and oxygen atoms in total. The molecule has 1 aromatic heterocycles. The Hall–Kier alpha value is -3.47. The Morgan fingerprint density at radius 3 is 2.47 bits per heavy atom. The molecule has 0 fully saturated rings. The van der Waals surface area contributed by atoms with Crippen LogP contribution in [0.1, 0.15) is 60.2 Å². The van der Waals surface area contributed by atoms with Crippen LogP contribution in [0, 0.1) is 12.3 Å². The first kappa shape index (κ1) is 25.2. The Morgan fingerprint density at radius 2 is 1.85 bits per heavy atom. The predicted octanol–water partition coefficient (Wildman–Crippen LogP) is 4.89. The Bertz CT molecular complexity index is 1140. The van der Waals surface area contributed by atoms with Crippen LogP contribution in [0.3, 0.4) is 0 Å². The van der Waals surface area contributed by atoms with Crippen molar-refractivity contribution in [3.05, 3.63) is 71.3 Å². The van der Waals surface area contributed by atoms with Gasteiger partial charge in [0.2, 0.25) is 11.6 Å². The standard InChI is InChI=1S/C27H31N3O4/c1-5-7-17-27(33-3,34-4)26-28-24(30(29-26)18-8-6-2)19-20-13-15-21(16-14-20)22-11-9-10-12-23(22)25(31)32/h2,9-16H,5,7-8,17-19H2,1,3-4H3,(H,31,32). The molecule has 0 aliphatic carbocycles. The maximum absolute atomic E-state index is 11.6. The highest BCUT2D eigenvalue weighted by molar-refractivity contribution is 5.95. The molecule has 1 heterocycles. The van der Waals surface area contributed by atoms with Gasteiger partial charge < -0.3 is 14.6 Å². The average molecular weight is 462 g/mol. The van der Waals surface area contributed by atoms with Gasteiger partial charge in [-0.25, -0.2) is 14.5 Å². The van der Waals surface area contributed by atoms with Gasteiger partial charge in [0.1, 0.15) is 5.82 Å². The number of hydrogen-bond donors (Lipinski definition) is 1. The number of methoxy groups -OCH3 is 2. The van der Waals surface area contributed by atoms with Gasteiger partial charge in [0.05, 0.1) is 12.1 Å². The largest absolute Gasteiger partial charge is 0.478 e.